The second kappa shape index (κ2) is 5.13. The molecule has 1 heterocycles. The lowest BCUT2D eigenvalue weighted by molar-refractivity contribution is 0.0634. The largest absolute Gasteiger partial charge is 0.444 e. The van der Waals surface area contributed by atoms with Gasteiger partial charge in [0.2, 0.25) is 5.95 Å². The van der Waals surface area contributed by atoms with Crippen LogP contribution >= 0.6 is 0 Å². The Morgan fingerprint density at radius 3 is 2.42 bits per heavy atom. The maximum atomic E-state index is 11.5. The molecule has 0 aromatic carbocycles. The third-order valence-corrected chi connectivity index (χ3v) is 2.87. The molecule has 2 N–H and O–H groups in total. The van der Waals surface area contributed by atoms with E-state index < -0.39 is 11.7 Å². The van der Waals surface area contributed by atoms with Crippen LogP contribution in [0, 0.1) is 0 Å². The van der Waals surface area contributed by atoms with E-state index in [0.717, 1.165) is 18.4 Å². The average molecular weight is 265 g/mol. The number of aliphatic hydroxyl groups excluding tert-OH is 1. The summed E-state index contributed by atoms with van der Waals surface area (Å²) in [5.41, 5.74) is 0.437. The van der Waals surface area contributed by atoms with Crippen LogP contribution in [-0.2, 0) is 4.74 Å². The lowest BCUT2D eigenvalue weighted by Gasteiger charge is -2.31. The average Bonchev–Trinajstić information content (AvgIpc) is 2.23. The van der Waals surface area contributed by atoms with Gasteiger partial charge in [0.15, 0.2) is 0 Å². The standard InChI is InChI=1S/C13H19N3O3/c1-13(2,3)19-12(18)16-11-14-6-9(7-15-11)8-4-10(17)5-8/h6-8,10,17H,4-5H2,1-3H3,(H,14,15,16,18). The monoisotopic (exact) mass is 265 g/mol. The zero-order valence-electron chi connectivity index (χ0n) is 11.4. The lowest BCUT2D eigenvalue weighted by atomic mass is 9.79. The molecule has 1 aromatic rings. The number of carbonyl (C=O) groups excluding carboxylic acids is 1. The topological polar surface area (TPSA) is 84.3 Å². The fourth-order valence-corrected chi connectivity index (χ4v) is 1.87. The SMILES string of the molecule is CC(C)(C)OC(=O)Nc1ncc(C2CC(O)C2)cn1. The first kappa shape index (κ1) is 13.7. The maximum absolute atomic E-state index is 11.5. The highest BCUT2D eigenvalue weighted by Gasteiger charge is 2.29. The van der Waals surface area contributed by atoms with Gasteiger partial charge in [-0.1, -0.05) is 0 Å². The lowest BCUT2D eigenvalue weighted by Crippen LogP contribution is -2.28. The minimum atomic E-state index is -0.570. The van der Waals surface area contributed by atoms with Crippen molar-refractivity contribution in [3.8, 4) is 0 Å². The molecule has 1 aliphatic carbocycles. The van der Waals surface area contributed by atoms with Crippen LogP contribution in [0.15, 0.2) is 12.4 Å². The molecule has 0 unspecified atom stereocenters. The normalized spacial score (nSPS) is 22.5. The molecule has 1 aromatic heterocycles. The zero-order valence-corrected chi connectivity index (χ0v) is 11.4. The first-order valence-electron chi connectivity index (χ1n) is 6.33. The zero-order chi connectivity index (χ0) is 14.0. The fourth-order valence-electron chi connectivity index (χ4n) is 1.87. The number of hydrogen-bond acceptors (Lipinski definition) is 5. The molecule has 6 heteroatoms. The molecular formula is C13H19N3O3. The van der Waals surface area contributed by atoms with Crippen molar-refractivity contribution in [3.63, 3.8) is 0 Å². The van der Waals surface area contributed by atoms with Crippen LogP contribution in [0.3, 0.4) is 0 Å². The molecule has 0 spiro atoms. The van der Waals surface area contributed by atoms with Gasteiger partial charge >= 0.3 is 6.09 Å². The number of hydrogen-bond donors (Lipinski definition) is 2. The molecule has 6 nitrogen and oxygen atoms in total. The number of carbonyl (C=O) groups is 1. The van der Waals surface area contributed by atoms with Crippen molar-refractivity contribution < 1.29 is 14.6 Å². The molecule has 19 heavy (non-hydrogen) atoms. The van der Waals surface area contributed by atoms with E-state index in [1.165, 1.54) is 0 Å². The van der Waals surface area contributed by atoms with E-state index in [4.69, 9.17) is 4.74 Å². The molecular weight excluding hydrogens is 246 g/mol. The summed E-state index contributed by atoms with van der Waals surface area (Å²) in [6.45, 7) is 5.37. The van der Waals surface area contributed by atoms with E-state index in [0.29, 0.717) is 5.92 Å². The van der Waals surface area contributed by atoms with Crippen LogP contribution in [0.1, 0.15) is 45.1 Å². The molecule has 1 fully saturated rings. The first-order valence-corrected chi connectivity index (χ1v) is 6.33. The molecule has 1 saturated carbocycles. The van der Waals surface area contributed by atoms with Crippen LogP contribution in [0.2, 0.25) is 0 Å². The van der Waals surface area contributed by atoms with Crippen molar-refractivity contribution in [2.45, 2.75) is 51.2 Å². The van der Waals surface area contributed by atoms with E-state index in [1.54, 1.807) is 33.2 Å². The summed E-state index contributed by atoms with van der Waals surface area (Å²) in [6, 6.07) is 0. The van der Waals surface area contributed by atoms with Gasteiger partial charge in [0.05, 0.1) is 6.10 Å². The van der Waals surface area contributed by atoms with E-state index >= 15 is 0 Å². The molecule has 0 saturated heterocycles. The Hall–Kier alpha value is -1.69. The van der Waals surface area contributed by atoms with E-state index in [9.17, 15) is 9.90 Å². The van der Waals surface area contributed by atoms with Gasteiger partial charge in [0.25, 0.3) is 0 Å². The van der Waals surface area contributed by atoms with Gasteiger partial charge in [-0.25, -0.2) is 14.8 Å². The van der Waals surface area contributed by atoms with Crippen molar-refractivity contribution in [2.24, 2.45) is 0 Å². The molecule has 0 radical (unpaired) electrons. The summed E-state index contributed by atoms with van der Waals surface area (Å²) >= 11 is 0. The Morgan fingerprint density at radius 1 is 1.37 bits per heavy atom. The van der Waals surface area contributed by atoms with Gasteiger partial charge in [0, 0.05) is 12.4 Å². The predicted molar refractivity (Wildman–Crippen MR) is 69.9 cm³/mol. The third kappa shape index (κ3) is 3.89. The van der Waals surface area contributed by atoms with Crippen molar-refractivity contribution in [3.05, 3.63) is 18.0 Å². The van der Waals surface area contributed by atoms with Gasteiger partial charge in [-0.15, -0.1) is 0 Å². The number of amides is 1. The van der Waals surface area contributed by atoms with Crippen LogP contribution < -0.4 is 5.32 Å². The second-order valence-electron chi connectivity index (χ2n) is 5.79. The Labute approximate surface area is 112 Å². The summed E-state index contributed by atoms with van der Waals surface area (Å²) in [5.74, 6) is 0.545. The van der Waals surface area contributed by atoms with Gasteiger partial charge in [-0.2, -0.15) is 0 Å². The molecule has 2 rings (SSSR count). The fraction of sp³-hybridized carbons (Fsp3) is 0.615. The highest BCUT2D eigenvalue weighted by Crippen LogP contribution is 2.36. The van der Waals surface area contributed by atoms with Gasteiger partial charge in [-0.3, -0.25) is 5.32 Å². The molecule has 0 aliphatic heterocycles. The predicted octanol–water partition coefficient (Wildman–Crippen LogP) is 2.06. The maximum Gasteiger partial charge on any atom is 0.414 e. The van der Waals surface area contributed by atoms with Crippen molar-refractivity contribution in [2.75, 3.05) is 5.32 Å². The quantitative estimate of drug-likeness (QED) is 0.855. The Morgan fingerprint density at radius 2 is 1.95 bits per heavy atom. The Bertz CT molecular complexity index is 447. The number of anilines is 1. The summed E-state index contributed by atoms with van der Waals surface area (Å²) in [6.07, 6.45) is 4.08. The minimum absolute atomic E-state index is 0.204. The van der Waals surface area contributed by atoms with Gasteiger partial charge < -0.3 is 9.84 Å². The smallest absolute Gasteiger partial charge is 0.414 e. The third-order valence-electron chi connectivity index (χ3n) is 2.87. The molecule has 1 aliphatic rings. The van der Waals surface area contributed by atoms with Crippen LogP contribution in [-0.4, -0.2) is 32.9 Å². The molecule has 104 valence electrons. The van der Waals surface area contributed by atoms with Gasteiger partial charge in [-0.05, 0) is 45.1 Å². The van der Waals surface area contributed by atoms with E-state index in [1.807, 2.05) is 0 Å². The van der Waals surface area contributed by atoms with Gasteiger partial charge in [0.1, 0.15) is 5.60 Å². The Kier molecular flexibility index (Phi) is 3.71. The number of nitrogens with zero attached hydrogens (tertiary/aromatic N) is 2. The van der Waals surface area contributed by atoms with Crippen molar-refractivity contribution in [1.82, 2.24) is 9.97 Å². The van der Waals surface area contributed by atoms with Crippen LogP contribution in [0.25, 0.3) is 0 Å². The molecule has 0 bridgehead atoms. The van der Waals surface area contributed by atoms with Crippen LogP contribution in [0.5, 0.6) is 0 Å². The Balaban J connectivity index is 1.90. The second-order valence-corrected chi connectivity index (χ2v) is 5.79. The van der Waals surface area contributed by atoms with E-state index in [2.05, 4.69) is 15.3 Å². The number of rotatable bonds is 2. The van der Waals surface area contributed by atoms with E-state index in [-0.39, 0.29) is 12.1 Å². The first-order chi connectivity index (χ1) is 8.83. The van der Waals surface area contributed by atoms with Crippen molar-refractivity contribution in [1.29, 1.82) is 0 Å². The number of nitrogens with one attached hydrogen (secondary N) is 1. The summed E-state index contributed by atoms with van der Waals surface area (Å²) in [4.78, 5) is 19.7. The molecule has 1 amide bonds. The summed E-state index contributed by atoms with van der Waals surface area (Å²) in [5, 5.41) is 11.7. The minimum Gasteiger partial charge on any atom is -0.444 e. The number of aromatic nitrogens is 2. The highest BCUT2D eigenvalue weighted by molar-refractivity contribution is 5.82. The van der Waals surface area contributed by atoms with Crippen LogP contribution in [0.4, 0.5) is 10.7 Å². The molecule has 0 atom stereocenters. The highest BCUT2D eigenvalue weighted by atomic mass is 16.6. The summed E-state index contributed by atoms with van der Waals surface area (Å²) < 4.78 is 5.10. The summed E-state index contributed by atoms with van der Waals surface area (Å²) in [7, 11) is 0. The van der Waals surface area contributed by atoms with Crippen molar-refractivity contribution >= 4 is 12.0 Å². The number of aliphatic hydroxyl groups is 1. The number of ether oxygens (including phenoxy) is 1.